The average Bonchev–Trinajstić information content (AvgIpc) is 2.25. The van der Waals surface area contributed by atoms with Gasteiger partial charge in [-0.15, -0.1) is 0 Å². The van der Waals surface area contributed by atoms with Gasteiger partial charge in [0.05, 0.1) is 6.10 Å². The first-order chi connectivity index (χ1) is 8.25. The lowest BCUT2D eigenvalue weighted by Gasteiger charge is -2.52. The van der Waals surface area contributed by atoms with E-state index >= 15 is 0 Å². The maximum absolute atomic E-state index is 5.99. The van der Waals surface area contributed by atoms with Gasteiger partial charge >= 0.3 is 0 Å². The normalized spacial score (nSPS) is 28.5. The van der Waals surface area contributed by atoms with Gasteiger partial charge < -0.3 is 15.0 Å². The van der Waals surface area contributed by atoms with Gasteiger partial charge in [0, 0.05) is 30.7 Å². The molecule has 0 aromatic rings. The third-order valence-electron chi connectivity index (χ3n) is 4.35. The van der Waals surface area contributed by atoms with Crippen LogP contribution in [0.4, 0.5) is 0 Å². The van der Waals surface area contributed by atoms with Gasteiger partial charge in [-0.3, -0.25) is 0 Å². The second-order valence-corrected chi connectivity index (χ2v) is 7.05. The third kappa shape index (κ3) is 3.94. The fourth-order valence-corrected chi connectivity index (χ4v) is 2.32. The van der Waals surface area contributed by atoms with E-state index in [4.69, 9.17) is 4.74 Å². The first kappa shape index (κ1) is 15.9. The van der Waals surface area contributed by atoms with Crippen molar-refractivity contribution in [1.82, 2.24) is 10.2 Å². The summed E-state index contributed by atoms with van der Waals surface area (Å²) >= 11 is 0. The third-order valence-corrected chi connectivity index (χ3v) is 4.35. The van der Waals surface area contributed by atoms with Crippen molar-refractivity contribution in [3.8, 4) is 0 Å². The SMILES string of the molecule is CC(C)COC1CC(NCC(C)N(C)C)C1(C)C. The minimum absolute atomic E-state index is 0.265. The molecule has 1 fully saturated rings. The van der Waals surface area contributed by atoms with Crippen molar-refractivity contribution in [2.75, 3.05) is 27.2 Å². The molecule has 1 saturated carbocycles. The summed E-state index contributed by atoms with van der Waals surface area (Å²) in [5.74, 6) is 0.626. The minimum atomic E-state index is 0.265. The van der Waals surface area contributed by atoms with Crippen LogP contribution < -0.4 is 5.32 Å². The van der Waals surface area contributed by atoms with Crippen LogP contribution in [0.1, 0.15) is 41.0 Å². The molecular weight excluding hydrogens is 224 g/mol. The number of ether oxygens (including phenoxy) is 1. The van der Waals surface area contributed by atoms with Crippen molar-refractivity contribution in [1.29, 1.82) is 0 Å². The Kier molecular flexibility index (Phi) is 5.63. The molecule has 0 amide bonds. The van der Waals surface area contributed by atoms with Crippen molar-refractivity contribution in [3.63, 3.8) is 0 Å². The Morgan fingerprint density at radius 1 is 1.28 bits per heavy atom. The molecule has 0 heterocycles. The van der Waals surface area contributed by atoms with Gasteiger partial charge in [-0.05, 0) is 33.4 Å². The second-order valence-electron chi connectivity index (χ2n) is 7.05. The molecule has 0 bridgehead atoms. The highest BCUT2D eigenvalue weighted by Crippen LogP contribution is 2.42. The number of nitrogens with one attached hydrogen (secondary N) is 1. The largest absolute Gasteiger partial charge is 0.377 e. The Labute approximate surface area is 113 Å². The summed E-state index contributed by atoms with van der Waals surface area (Å²) in [6, 6.07) is 1.17. The molecule has 3 heteroatoms. The van der Waals surface area contributed by atoms with E-state index in [-0.39, 0.29) is 5.41 Å². The predicted molar refractivity (Wildman–Crippen MR) is 77.9 cm³/mol. The zero-order valence-electron chi connectivity index (χ0n) is 13.3. The van der Waals surface area contributed by atoms with Gasteiger partial charge in [-0.1, -0.05) is 27.7 Å². The average molecular weight is 256 g/mol. The first-order valence-corrected chi connectivity index (χ1v) is 7.26. The van der Waals surface area contributed by atoms with Crippen molar-refractivity contribution in [2.45, 2.75) is 59.2 Å². The topological polar surface area (TPSA) is 24.5 Å². The number of hydrogen-bond acceptors (Lipinski definition) is 3. The fraction of sp³-hybridized carbons (Fsp3) is 1.00. The molecule has 3 atom stereocenters. The van der Waals surface area contributed by atoms with Crippen LogP contribution in [-0.4, -0.2) is 50.3 Å². The Hall–Kier alpha value is -0.120. The molecule has 0 aromatic carbocycles. The molecule has 1 rings (SSSR count). The lowest BCUT2D eigenvalue weighted by molar-refractivity contribution is -0.124. The molecule has 0 aromatic heterocycles. The van der Waals surface area contributed by atoms with E-state index in [9.17, 15) is 0 Å². The molecule has 1 aliphatic rings. The highest BCUT2D eigenvalue weighted by Gasteiger charge is 2.48. The Morgan fingerprint density at radius 3 is 2.33 bits per heavy atom. The molecule has 0 aliphatic heterocycles. The van der Waals surface area contributed by atoms with Gasteiger partial charge in [-0.2, -0.15) is 0 Å². The van der Waals surface area contributed by atoms with Gasteiger partial charge in [0.15, 0.2) is 0 Å². The molecule has 3 nitrogen and oxygen atoms in total. The fourth-order valence-electron chi connectivity index (χ4n) is 2.32. The van der Waals surface area contributed by atoms with E-state index in [0.717, 1.165) is 19.6 Å². The summed E-state index contributed by atoms with van der Waals surface area (Å²) in [5, 5.41) is 3.69. The van der Waals surface area contributed by atoms with E-state index in [0.29, 0.717) is 24.1 Å². The maximum Gasteiger partial charge on any atom is 0.0656 e. The summed E-state index contributed by atoms with van der Waals surface area (Å²) in [4.78, 5) is 2.26. The molecule has 1 N–H and O–H groups in total. The van der Waals surface area contributed by atoms with Crippen LogP contribution >= 0.6 is 0 Å². The van der Waals surface area contributed by atoms with Crippen LogP contribution in [-0.2, 0) is 4.74 Å². The van der Waals surface area contributed by atoms with Crippen molar-refractivity contribution < 1.29 is 4.74 Å². The van der Waals surface area contributed by atoms with Crippen LogP contribution in [0.15, 0.2) is 0 Å². The zero-order chi connectivity index (χ0) is 13.9. The number of likely N-dealkylation sites (N-methyl/N-ethyl adjacent to an activating group) is 1. The molecule has 3 unspecified atom stereocenters. The number of rotatable bonds is 7. The first-order valence-electron chi connectivity index (χ1n) is 7.26. The van der Waals surface area contributed by atoms with Gasteiger partial charge in [0.1, 0.15) is 0 Å². The van der Waals surface area contributed by atoms with Crippen molar-refractivity contribution in [3.05, 3.63) is 0 Å². The summed E-state index contributed by atoms with van der Waals surface area (Å²) in [6.45, 7) is 13.2. The Balaban J connectivity index is 2.30. The molecular formula is C15H32N2O. The van der Waals surface area contributed by atoms with Gasteiger partial charge in [0.2, 0.25) is 0 Å². The summed E-state index contributed by atoms with van der Waals surface area (Å²) in [5.41, 5.74) is 0.265. The minimum Gasteiger partial charge on any atom is -0.377 e. The highest BCUT2D eigenvalue weighted by atomic mass is 16.5. The molecule has 1 aliphatic carbocycles. The van der Waals surface area contributed by atoms with Crippen molar-refractivity contribution in [2.24, 2.45) is 11.3 Å². The van der Waals surface area contributed by atoms with Gasteiger partial charge in [0.25, 0.3) is 0 Å². The smallest absolute Gasteiger partial charge is 0.0656 e. The van der Waals surface area contributed by atoms with Crippen LogP contribution in [0.3, 0.4) is 0 Å². The van der Waals surface area contributed by atoms with E-state index in [1.807, 2.05) is 0 Å². The summed E-state index contributed by atoms with van der Waals surface area (Å²) < 4.78 is 5.99. The lowest BCUT2D eigenvalue weighted by Crippen LogP contribution is -2.62. The Bertz CT molecular complexity index is 251. The predicted octanol–water partition coefficient (Wildman–Crippen LogP) is 2.37. The van der Waals surface area contributed by atoms with E-state index < -0.39 is 0 Å². The quantitative estimate of drug-likeness (QED) is 0.757. The monoisotopic (exact) mass is 256 g/mol. The zero-order valence-corrected chi connectivity index (χ0v) is 13.3. The molecule has 0 saturated heterocycles. The maximum atomic E-state index is 5.99. The second kappa shape index (κ2) is 6.36. The van der Waals surface area contributed by atoms with Crippen LogP contribution in [0.2, 0.25) is 0 Å². The highest BCUT2D eigenvalue weighted by molar-refractivity contribution is 5.03. The summed E-state index contributed by atoms with van der Waals surface area (Å²) in [7, 11) is 4.26. The summed E-state index contributed by atoms with van der Waals surface area (Å²) in [6.07, 6.45) is 1.58. The Morgan fingerprint density at radius 2 is 1.89 bits per heavy atom. The molecule has 108 valence electrons. The molecule has 0 spiro atoms. The lowest BCUT2D eigenvalue weighted by atomic mass is 9.64. The van der Waals surface area contributed by atoms with E-state index in [1.54, 1.807) is 0 Å². The van der Waals surface area contributed by atoms with Crippen LogP contribution in [0.5, 0.6) is 0 Å². The van der Waals surface area contributed by atoms with Crippen LogP contribution in [0, 0.1) is 11.3 Å². The number of hydrogen-bond donors (Lipinski definition) is 1. The van der Waals surface area contributed by atoms with E-state index in [2.05, 4.69) is 58.9 Å². The number of nitrogens with zero attached hydrogens (tertiary/aromatic N) is 1. The van der Waals surface area contributed by atoms with Crippen molar-refractivity contribution >= 4 is 0 Å². The standard InChI is InChI=1S/C15H32N2O/c1-11(2)10-18-14-8-13(15(14,4)5)16-9-12(3)17(6)7/h11-14,16H,8-10H2,1-7H3. The molecule has 18 heavy (non-hydrogen) atoms. The van der Waals surface area contributed by atoms with Gasteiger partial charge in [-0.25, -0.2) is 0 Å². The van der Waals surface area contributed by atoms with E-state index in [1.165, 1.54) is 0 Å². The van der Waals surface area contributed by atoms with Crippen LogP contribution in [0.25, 0.3) is 0 Å². The molecule has 0 radical (unpaired) electrons.